The number of rotatable bonds is 7. The third kappa shape index (κ3) is 3.84. The number of nitrogens with zero attached hydrogens (tertiary/aromatic N) is 5. The summed E-state index contributed by atoms with van der Waals surface area (Å²) < 4.78 is 7.44. The van der Waals surface area contributed by atoms with Crippen LogP contribution in [0.2, 0.25) is 0 Å². The van der Waals surface area contributed by atoms with E-state index >= 15 is 0 Å². The molecule has 3 aromatic heterocycles. The zero-order valence-corrected chi connectivity index (χ0v) is 17.0. The Morgan fingerprint density at radius 3 is 2.87 bits per heavy atom. The molecule has 1 fully saturated rings. The molecule has 152 valence electrons. The van der Waals surface area contributed by atoms with Crippen LogP contribution in [0.3, 0.4) is 0 Å². The van der Waals surface area contributed by atoms with E-state index in [1.165, 1.54) is 0 Å². The Kier molecular flexibility index (Phi) is 5.02. The van der Waals surface area contributed by atoms with Crippen LogP contribution in [0.15, 0.2) is 59.3 Å². The van der Waals surface area contributed by atoms with Crippen molar-refractivity contribution in [1.29, 1.82) is 0 Å². The van der Waals surface area contributed by atoms with E-state index in [-0.39, 0.29) is 11.9 Å². The van der Waals surface area contributed by atoms with E-state index in [9.17, 15) is 4.79 Å². The second kappa shape index (κ2) is 8.11. The number of thiophene rings is 1. The molecule has 0 radical (unpaired) electrons. The smallest absolute Gasteiger partial charge is 0.224 e. The molecule has 5 rings (SSSR count). The van der Waals surface area contributed by atoms with Crippen LogP contribution >= 0.6 is 11.3 Å². The van der Waals surface area contributed by atoms with Crippen molar-refractivity contribution >= 4 is 28.7 Å². The van der Waals surface area contributed by atoms with Gasteiger partial charge in [0, 0.05) is 23.9 Å². The van der Waals surface area contributed by atoms with Crippen molar-refractivity contribution in [2.45, 2.75) is 12.5 Å². The predicted molar refractivity (Wildman–Crippen MR) is 115 cm³/mol. The van der Waals surface area contributed by atoms with Crippen LogP contribution in [0.1, 0.15) is 6.42 Å². The van der Waals surface area contributed by atoms with E-state index in [0.717, 1.165) is 11.3 Å². The lowest BCUT2D eigenvalue weighted by molar-refractivity contribution is -0.128. The van der Waals surface area contributed by atoms with E-state index in [1.807, 2.05) is 64.2 Å². The average molecular weight is 420 g/mol. The van der Waals surface area contributed by atoms with Gasteiger partial charge in [-0.3, -0.25) is 4.79 Å². The van der Waals surface area contributed by atoms with Gasteiger partial charge in [0.15, 0.2) is 11.5 Å². The maximum Gasteiger partial charge on any atom is 0.224 e. The Bertz CT molecular complexity index is 1150. The Morgan fingerprint density at radius 1 is 1.13 bits per heavy atom. The molecule has 0 bridgehead atoms. The van der Waals surface area contributed by atoms with E-state index in [0.29, 0.717) is 43.4 Å². The molecule has 1 atom stereocenters. The number of nitrogens with one attached hydrogen (secondary N) is 1. The number of hydrogen-bond acceptors (Lipinski definition) is 7. The van der Waals surface area contributed by atoms with Crippen LogP contribution in [0.25, 0.3) is 17.0 Å². The van der Waals surface area contributed by atoms with Crippen LogP contribution in [-0.4, -0.2) is 56.4 Å². The van der Waals surface area contributed by atoms with E-state index in [1.54, 1.807) is 15.9 Å². The average Bonchev–Trinajstić information content (AvgIpc) is 3.49. The SMILES string of the molecule is O=C1CC(Nc2ccc3nnc(-c4ccsc4)n3n2)CN1CCOc1ccccc1. The maximum atomic E-state index is 12.4. The summed E-state index contributed by atoms with van der Waals surface area (Å²) in [6.45, 7) is 1.65. The summed E-state index contributed by atoms with van der Waals surface area (Å²) in [5.74, 6) is 2.33. The zero-order valence-electron chi connectivity index (χ0n) is 16.1. The summed E-state index contributed by atoms with van der Waals surface area (Å²) >= 11 is 1.60. The summed E-state index contributed by atoms with van der Waals surface area (Å²) in [7, 11) is 0. The predicted octanol–water partition coefficient (Wildman–Crippen LogP) is 2.94. The molecule has 30 heavy (non-hydrogen) atoms. The van der Waals surface area contributed by atoms with Crippen molar-refractivity contribution in [2.24, 2.45) is 0 Å². The Hall–Kier alpha value is -3.46. The lowest BCUT2D eigenvalue weighted by Crippen LogP contribution is -2.31. The minimum Gasteiger partial charge on any atom is -0.492 e. The second-order valence-corrected chi connectivity index (χ2v) is 7.85. The van der Waals surface area contributed by atoms with Crippen molar-refractivity contribution in [1.82, 2.24) is 24.7 Å². The molecule has 1 aliphatic heterocycles. The summed E-state index contributed by atoms with van der Waals surface area (Å²) in [6, 6.07) is 15.4. The molecule has 1 unspecified atom stereocenters. The molecule has 0 saturated carbocycles. The molecular formula is C21H20N6O2S. The number of fused-ring (bicyclic) bond motifs is 1. The third-order valence-corrected chi connectivity index (χ3v) is 5.67. The van der Waals surface area contributed by atoms with Gasteiger partial charge < -0.3 is 15.0 Å². The number of carbonyl (C=O) groups is 1. The van der Waals surface area contributed by atoms with Gasteiger partial charge in [-0.1, -0.05) is 18.2 Å². The molecule has 4 aromatic rings. The van der Waals surface area contributed by atoms with E-state index in [4.69, 9.17) is 4.74 Å². The molecule has 1 amide bonds. The molecule has 0 aliphatic carbocycles. The number of para-hydroxylation sites is 1. The number of benzene rings is 1. The first-order chi connectivity index (χ1) is 14.8. The summed E-state index contributed by atoms with van der Waals surface area (Å²) in [5.41, 5.74) is 1.67. The maximum absolute atomic E-state index is 12.4. The minimum atomic E-state index is 0.000235. The zero-order chi connectivity index (χ0) is 20.3. The highest BCUT2D eigenvalue weighted by Gasteiger charge is 2.29. The minimum absolute atomic E-state index is 0.000235. The van der Waals surface area contributed by atoms with Crippen molar-refractivity contribution < 1.29 is 9.53 Å². The number of carbonyl (C=O) groups excluding carboxylic acids is 1. The Labute approximate surface area is 177 Å². The van der Waals surface area contributed by atoms with Crippen molar-refractivity contribution in [3.63, 3.8) is 0 Å². The summed E-state index contributed by atoms with van der Waals surface area (Å²) in [5, 5.41) is 20.5. The van der Waals surface area contributed by atoms with E-state index in [2.05, 4.69) is 20.6 Å². The fourth-order valence-corrected chi connectivity index (χ4v) is 4.16. The second-order valence-electron chi connectivity index (χ2n) is 7.07. The van der Waals surface area contributed by atoms with Gasteiger partial charge in [0.1, 0.15) is 18.2 Å². The van der Waals surface area contributed by atoms with Gasteiger partial charge in [0.05, 0.1) is 12.6 Å². The lowest BCUT2D eigenvalue weighted by Gasteiger charge is -2.17. The Balaban J connectivity index is 1.22. The fraction of sp³-hybridized carbons (Fsp3) is 0.238. The molecule has 0 spiro atoms. The summed E-state index contributed by atoms with van der Waals surface area (Å²) in [4.78, 5) is 14.2. The molecule has 9 heteroatoms. The van der Waals surface area contributed by atoms with Gasteiger partial charge in [-0.05, 0) is 35.7 Å². The Morgan fingerprint density at radius 2 is 2.03 bits per heavy atom. The van der Waals surface area contributed by atoms with Gasteiger partial charge >= 0.3 is 0 Å². The van der Waals surface area contributed by atoms with Crippen molar-refractivity contribution in [2.75, 3.05) is 25.0 Å². The number of anilines is 1. The highest BCUT2D eigenvalue weighted by Crippen LogP contribution is 2.22. The van der Waals surface area contributed by atoms with Gasteiger partial charge in [-0.15, -0.1) is 15.3 Å². The van der Waals surface area contributed by atoms with Crippen molar-refractivity contribution in [3.8, 4) is 17.1 Å². The van der Waals surface area contributed by atoms with Gasteiger partial charge in [-0.25, -0.2) is 0 Å². The topological polar surface area (TPSA) is 84.7 Å². The van der Waals surface area contributed by atoms with Crippen LogP contribution in [-0.2, 0) is 4.79 Å². The normalized spacial score (nSPS) is 16.3. The lowest BCUT2D eigenvalue weighted by atomic mass is 10.2. The number of ether oxygens (including phenoxy) is 1. The van der Waals surface area contributed by atoms with Gasteiger partial charge in [0.2, 0.25) is 5.91 Å². The van der Waals surface area contributed by atoms with E-state index < -0.39 is 0 Å². The van der Waals surface area contributed by atoms with Crippen LogP contribution < -0.4 is 10.1 Å². The standard InChI is InChI=1S/C21H20N6O2S/c28-20-12-16(13-26(20)9-10-29-17-4-2-1-3-5-17)22-18-6-7-19-23-24-21(27(19)25-18)15-8-11-30-14-15/h1-8,11,14,16H,9-10,12-13H2,(H,22,25). The molecule has 1 aromatic carbocycles. The number of aromatic nitrogens is 4. The fourth-order valence-electron chi connectivity index (χ4n) is 3.52. The molecule has 1 N–H and O–H groups in total. The number of amides is 1. The van der Waals surface area contributed by atoms with Crippen molar-refractivity contribution in [3.05, 3.63) is 59.3 Å². The molecule has 8 nitrogen and oxygen atoms in total. The first-order valence-electron chi connectivity index (χ1n) is 9.73. The monoisotopic (exact) mass is 420 g/mol. The summed E-state index contributed by atoms with van der Waals surface area (Å²) in [6.07, 6.45) is 0.435. The quantitative estimate of drug-likeness (QED) is 0.495. The number of hydrogen-bond donors (Lipinski definition) is 1. The van der Waals surface area contributed by atoms with Crippen LogP contribution in [0, 0.1) is 0 Å². The van der Waals surface area contributed by atoms with Gasteiger partial charge in [0.25, 0.3) is 0 Å². The molecule has 1 saturated heterocycles. The largest absolute Gasteiger partial charge is 0.492 e. The molecular weight excluding hydrogens is 400 g/mol. The van der Waals surface area contributed by atoms with Gasteiger partial charge in [-0.2, -0.15) is 15.9 Å². The highest BCUT2D eigenvalue weighted by molar-refractivity contribution is 7.08. The third-order valence-electron chi connectivity index (χ3n) is 4.98. The number of likely N-dealkylation sites (tertiary alicyclic amines) is 1. The molecule has 4 heterocycles. The van der Waals surface area contributed by atoms with Crippen LogP contribution in [0.5, 0.6) is 5.75 Å². The van der Waals surface area contributed by atoms with Crippen LogP contribution in [0.4, 0.5) is 5.82 Å². The first-order valence-corrected chi connectivity index (χ1v) is 10.7. The molecule has 1 aliphatic rings. The highest BCUT2D eigenvalue weighted by atomic mass is 32.1. The first kappa shape index (κ1) is 18.6.